The molecule has 0 fully saturated rings. The number of rotatable bonds is 3. The van der Waals surface area contributed by atoms with Gasteiger partial charge in [-0.2, -0.15) is 13.2 Å². The van der Waals surface area contributed by atoms with E-state index in [1.165, 1.54) is 0 Å². The first-order valence-corrected chi connectivity index (χ1v) is 9.34. The van der Waals surface area contributed by atoms with Crippen LogP contribution in [0.2, 0.25) is 5.02 Å². The summed E-state index contributed by atoms with van der Waals surface area (Å²) in [7, 11) is -4.91. The van der Waals surface area contributed by atoms with Crippen molar-refractivity contribution in [1.82, 2.24) is 9.97 Å². The molecule has 1 aliphatic heterocycles. The minimum absolute atomic E-state index is 0.169. The number of alkyl halides is 5. The molecule has 150 valence electrons. The maximum atomic E-state index is 13.0. The van der Waals surface area contributed by atoms with Crippen LogP contribution in [0, 0.1) is 0 Å². The van der Waals surface area contributed by atoms with Crippen molar-refractivity contribution in [1.29, 1.82) is 0 Å². The molecule has 1 aliphatic rings. The third-order valence-corrected chi connectivity index (χ3v) is 6.25. The maximum absolute atomic E-state index is 13.0. The molecule has 1 unspecified atom stereocenters. The van der Waals surface area contributed by atoms with Crippen molar-refractivity contribution in [2.24, 2.45) is 0 Å². The molecule has 28 heavy (non-hydrogen) atoms. The summed E-state index contributed by atoms with van der Waals surface area (Å²) in [5.74, 6) is -1.83. The Morgan fingerprint density at radius 1 is 1.18 bits per heavy atom. The van der Waals surface area contributed by atoms with Gasteiger partial charge in [0.2, 0.25) is 5.78 Å². The average molecular weight is 442 g/mol. The summed E-state index contributed by atoms with van der Waals surface area (Å²) in [6.45, 7) is -1.35. The molecule has 0 spiro atoms. The van der Waals surface area contributed by atoms with E-state index in [-0.39, 0.29) is 4.31 Å². The molecule has 3 rings (SSSR count). The Hall–Kier alpha value is -2.34. The number of carbonyl (C=O) groups is 1. The molecule has 1 atom stereocenters. The number of sulfonamides is 1. The van der Waals surface area contributed by atoms with Gasteiger partial charge in [0.25, 0.3) is 16.4 Å². The van der Waals surface area contributed by atoms with Gasteiger partial charge in [-0.15, -0.1) is 0 Å². The predicted octanol–water partition coefficient (Wildman–Crippen LogP) is 3.49. The summed E-state index contributed by atoms with van der Waals surface area (Å²) in [4.78, 5) is 20.0. The zero-order valence-electron chi connectivity index (χ0n) is 13.5. The summed E-state index contributed by atoms with van der Waals surface area (Å²) >= 11 is 5.87. The lowest BCUT2D eigenvalue weighted by Gasteiger charge is -2.33. The maximum Gasteiger partial charge on any atom is 0.416 e. The Balaban J connectivity index is 2.26. The lowest BCUT2D eigenvalue weighted by Crippen LogP contribution is -2.46. The van der Waals surface area contributed by atoms with E-state index < -0.39 is 67.9 Å². The molecule has 2 heterocycles. The normalized spacial score (nSPS) is 19.0. The number of anilines is 1. The molecule has 1 aromatic heterocycles. The predicted molar refractivity (Wildman–Crippen MR) is 87.8 cm³/mol. The zero-order valence-corrected chi connectivity index (χ0v) is 15.1. The van der Waals surface area contributed by atoms with Gasteiger partial charge >= 0.3 is 6.18 Å². The number of nitrogens with zero attached hydrogens (tertiary/aromatic N) is 3. The van der Waals surface area contributed by atoms with Crippen LogP contribution in [0.5, 0.6) is 0 Å². The standard InChI is InChI=1S/C15H9ClF5N3O3S/c16-9-2-1-7(15(19,20)21)5-8(9)13-12(25)11-14(23-4-3-22-11)24(6-10(17)18)28(13,26)27/h1-5,10,13H,6H2. The number of hydrogen-bond acceptors (Lipinski definition) is 5. The van der Waals surface area contributed by atoms with E-state index in [4.69, 9.17) is 11.6 Å². The second kappa shape index (κ2) is 6.92. The number of carbonyl (C=O) groups excluding carboxylic acids is 1. The summed E-state index contributed by atoms with van der Waals surface area (Å²) in [6.07, 6.45) is -5.96. The Kier molecular flexibility index (Phi) is 5.04. The van der Waals surface area contributed by atoms with Crippen LogP contribution >= 0.6 is 11.6 Å². The highest BCUT2D eigenvalue weighted by Crippen LogP contribution is 2.42. The Morgan fingerprint density at radius 3 is 2.43 bits per heavy atom. The Labute approximate surface area is 160 Å². The number of fused-ring (bicyclic) bond motifs is 1. The molecule has 1 aromatic carbocycles. The van der Waals surface area contributed by atoms with Crippen molar-refractivity contribution >= 4 is 33.2 Å². The number of aromatic nitrogens is 2. The van der Waals surface area contributed by atoms with Crippen LogP contribution in [0.3, 0.4) is 0 Å². The van der Waals surface area contributed by atoms with Crippen LogP contribution in [-0.2, 0) is 16.2 Å². The molecule has 0 N–H and O–H groups in total. The second-order valence-electron chi connectivity index (χ2n) is 5.67. The molecule has 0 saturated carbocycles. The fourth-order valence-electron chi connectivity index (χ4n) is 2.73. The Morgan fingerprint density at radius 2 is 1.82 bits per heavy atom. The van der Waals surface area contributed by atoms with E-state index in [0.717, 1.165) is 18.5 Å². The first-order valence-electron chi connectivity index (χ1n) is 7.46. The molecule has 6 nitrogen and oxygen atoms in total. The Bertz CT molecular complexity index is 1050. The van der Waals surface area contributed by atoms with Crippen molar-refractivity contribution in [3.8, 4) is 0 Å². The summed E-state index contributed by atoms with van der Waals surface area (Å²) in [5.41, 5.74) is -2.49. The van der Waals surface area contributed by atoms with E-state index in [1.807, 2.05) is 0 Å². The van der Waals surface area contributed by atoms with E-state index in [0.29, 0.717) is 12.1 Å². The van der Waals surface area contributed by atoms with E-state index >= 15 is 0 Å². The van der Waals surface area contributed by atoms with Crippen LogP contribution < -0.4 is 4.31 Å². The van der Waals surface area contributed by atoms with Crippen LogP contribution in [-0.4, -0.2) is 37.1 Å². The first-order chi connectivity index (χ1) is 12.9. The largest absolute Gasteiger partial charge is 0.416 e. The fraction of sp³-hybridized carbons (Fsp3) is 0.267. The van der Waals surface area contributed by atoms with Gasteiger partial charge in [0.15, 0.2) is 16.8 Å². The lowest BCUT2D eigenvalue weighted by atomic mass is 10.0. The molecule has 0 amide bonds. The smallest absolute Gasteiger partial charge is 0.290 e. The summed E-state index contributed by atoms with van der Waals surface area (Å²) in [6, 6.07) is 1.80. The minimum atomic E-state index is -4.91. The molecule has 2 aromatic rings. The van der Waals surface area contributed by atoms with Gasteiger partial charge in [0.05, 0.1) is 12.1 Å². The van der Waals surface area contributed by atoms with Crippen molar-refractivity contribution in [3.05, 3.63) is 52.4 Å². The molecule has 13 heteroatoms. The highest BCUT2D eigenvalue weighted by atomic mass is 35.5. The van der Waals surface area contributed by atoms with Crippen LogP contribution in [0.15, 0.2) is 30.6 Å². The van der Waals surface area contributed by atoms with Gasteiger partial charge in [-0.05, 0) is 23.8 Å². The van der Waals surface area contributed by atoms with E-state index in [1.54, 1.807) is 0 Å². The van der Waals surface area contributed by atoms with E-state index in [2.05, 4.69) is 9.97 Å². The number of hydrogen-bond donors (Lipinski definition) is 0. The number of Topliss-reactive ketones (excluding diaryl/α,β-unsaturated/α-hetero) is 1. The van der Waals surface area contributed by atoms with E-state index in [9.17, 15) is 35.2 Å². The third-order valence-electron chi connectivity index (χ3n) is 3.90. The lowest BCUT2D eigenvalue weighted by molar-refractivity contribution is -0.137. The van der Waals surface area contributed by atoms with Crippen molar-refractivity contribution in [2.75, 3.05) is 10.8 Å². The second-order valence-corrected chi connectivity index (χ2v) is 8.02. The number of ketones is 1. The minimum Gasteiger partial charge on any atom is -0.290 e. The van der Waals surface area contributed by atoms with Gasteiger partial charge < -0.3 is 0 Å². The molecular formula is C15H9ClF5N3O3S. The molecule has 0 radical (unpaired) electrons. The fourth-order valence-corrected chi connectivity index (χ4v) is 4.87. The molecular weight excluding hydrogens is 433 g/mol. The first kappa shape index (κ1) is 20.4. The third kappa shape index (κ3) is 3.41. The quantitative estimate of drug-likeness (QED) is 0.681. The van der Waals surface area contributed by atoms with Gasteiger partial charge in [-0.25, -0.2) is 31.5 Å². The van der Waals surface area contributed by atoms with Crippen LogP contribution in [0.25, 0.3) is 0 Å². The van der Waals surface area contributed by atoms with Crippen LogP contribution in [0.4, 0.5) is 27.8 Å². The van der Waals surface area contributed by atoms with Crippen molar-refractivity contribution in [3.63, 3.8) is 0 Å². The zero-order chi connectivity index (χ0) is 20.9. The van der Waals surface area contributed by atoms with Gasteiger partial charge in [0, 0.05) is 17.4 Å². The van der Waals surface area contributed by atoms with Crippen LogP contribution in [0.1, 0.15) is 26.9 Å². The monoisotopic (exact) mass is 441 g/mol. The van der Waals surface area contributed by atoms with Gasteiger partial charge in [0.1, 0.15) is 0 Å². The van der Waals surface area contributed by atoms with Gasteiger partial charge in [-0.3, -0.25) is 4.79 Å². The number of halogens is 6. The average Bonchev–Trinajstić information content (AvgIpc) is 2.59. The number of benzene rings is 1. The molecule has 0 saturated heterocycles. The summed E-state index contributed by atoms with van der Waals surface area (Å²) in [5, 5.41) is -2.72. The topological polar surface area (TPSA) is 80.2 Å². The summed E-state index contributed by atoms with van der Waals surface area (Å²) < 4.78 is 91.0. The highest BCUT2D eigenvalue weighted by Gasteiger charge is 2.49. The SMILES string of the molecule is O=C1c2nccnc2N(CC(F)F)S(=O)(=O)C1c1cc(C(F)(F)F)ccc1Cl. The molecule has 0 aliphatic carbocycles. The van der Waals surface area contributed by atoms with Gasteiger partial charge in [-0.1, -0.05) is 11.6 Å². The van der Waals surface area contributed by atoms with Crippen molar-refractivity contribution < 1.29 is 35.2 Å². The highest BCUT2D eigenvalue weighted by molar-refractivity contribution is 7.94. The molecule has 0 bridgehead atoms. The van der Waals surface area contributed by atoms with Crippen molar-refractivity contribution in [2.45, 2.75) is 17.9 Å².